The molecule has 1 aliphatic carbocycles. The van der Waals surface area contributed by atoms with Crippen LogP contribution in [0.1, 0.15) is 51.0 Å². The number of esters is 1. The Morgan fingerprint density at radius 2 is 1.84 bits per heavy atom. The van der Waals surface area contributed by atoms with Crippen molar-refractivity contribution in [3.63, 3.8) is 0 Å². The van der Waals surface area contributed by atoms with Crippen LogP contribution in [0, 0.1) is 13.8 Å². The Morgan fingerprint density at radius 3 is 2.55 bits per heavy atom. The molecule has 8 nitrogen and oxygen atoms in total. The van der Waals surface area contributed by atoms with Crippen LogP contribution in [-0.2, 0) is 22.5 Å². The first-order valence-electron chi connectivity index (χ1n) is 10.8. The van der Waals surface area contributed by atoms with Crippen LogP contribution in [0.2, 0.25) is 0 Å². The maximum absolute atomic E-state index is 13.0. The SMILES string of the molecule is CCOC(=O)c1nn(CC(=O)N2CCN(c3cccc(C)c3C)CC2)c2c1CCC2=O. The Morgan fingerprint density at radius 1 is 1.10 bits per heavy atom. The van der Waals surface area contributed by atoms with Gasteiger partial charge in [-0.3, -0.25) is 14.3 Å². The third kappa shape index (κ3) is 3.94. The van der Waals surface area contributed by atoms with Gasteiger partial charge in [0, 0.05) is 43.9 Å². The number of hydrogen-bond donors (Lipinski definition) is 0. The summed E-state index contributed by atoms with van der Waals surface area (Å²) < 4.78 is 6.47. The van der Waals surface area contributed by atoms with Gasteiger partial charge in [0.05, 0.1) is 6.61 Å². The minimum Gasteiger partial charge on any atom is -0.461 e. The number of amides is 1. The molecule has 0 radical (unpaired) electrons. The lowest BCUT2D eigenvalue weighted by atomic mass is 10.1. The molecule has 0 unspecified atom stereocenters. The number of nitrogens with zero attached hydrogens (tertiary/aromatic N) is 4. The molecule has 0 N–H and O–H groups in total. The molecular weight excluding hydrogens is 396 g/mol. The molecule has 2 heterocycles. The molecule has 0 saturated carbocycles. The van der Waals surface area contributed by atoms with Crippen LogP contribution in [0.5, 0.6) is 0 Å². The molecule has 0 bridgehead atoms. The standard InChI is InChI=1S/C23H28N4O4/c1-4-31-23(30)21-17-8-9-19(28)22(17)27(24-21)14-20(29)26-12-10-25(11-13-26)18-7-5-6-15(2)16(18)3/h5-7H,4,8-14H2,1-3H3. The van der Waals surface area contributed by atoms with Gasteiger partial charge < -0.3 is 14.5 Å². The molecule has 2 aliphatic rings. The molecule has 1 fully saturated rings. The first-order chi connectivity index (χ1) is 14.9. The quantitative estimate of drug-likeness (QED) is 0.684. The fraction of sp³-hybridized carbons (Fsp3) is 0.478. The van der Waals surface area contributed by atoms with Gasteiger partial charge in [-0.05, 0) is 44.4 Å². The number of ketones is 1. The summed E-state index contributed by atoms with van der Waals surface area (Å²) in [7, 11) is 0. The van der Waals surface area contributed by atoms with E-state index >= 15 is 0 Å². The van der Waals surface area contributed by atoms with Crippen molar-refractivity contribution in [2.24, 2.45) is 0 Å². The molecule has 1 saturated heterocycles. The first-order valence-corrected chi connectivity index (χ1v) is 10.8. The second kappa shape index (κ2) is 8.53. The predicted molar refractivity (Wildman–Crippen MR) is 116 cm³/mol. The number of Topliss-reactive ketones (excluding diaryl/α,β-unsaturated/α-hetero) is 1. The fourth-order valence-electron chi connectivity index (χ4n) is 4.39. The first kappa shape index (κ1) is 21.1. The Hall–Kier alpha value is -3.16. The van der Waals surface area contributed by atoms with Gasteiger partial charge in [-0.25, -0.2) is 4.79 Å². The zero-order valence-corrected chi connectivity index (χ0v) is 18.3. The van der Waals surface area contributed by atoms with Gasteiger partial charge in [-0.2, -0.15) is 5.10 Å². The monoisotopic (exact) mass is 424 g/mol. The highest BCUT2D eigenvalue weighted by Crippen LogP contribution is 2.27. The van der Waals surface area contributed by atoms with Gasteiger partial charge in [-0.15, -0.1) is 0 Å². The van der Waals surface area contributed by atoms with Crippen molar-refractivity contribution in [2.45, 2.75) is 40.2 Å². The summed E-state index contributed by atoms with van der Waals surface area (Å²) >= 11 is 0. The highest BCUT2D eigenvalue weighted by Gasteiger charge is 2.33. The van der Waals surface area contributed by atoms with E-state index in [4.69, 9.17) is 4.74 Å². The van der Waals surface area contributed by atoms with E-state index < -0.39 is 5.97 Å². The number of anilines is 1. The van der Waals surface area contributed by atoms with Crippen LogP contribution in [0.15, 0.2) is 18.2 Å². The van der Waals surface area contributed by atoms with E-state index in [1.165, 1.54) is 21.5 Å². The van der Waals surface area contributed by atoms with Crippen molar-refractivity contribution in [3.05, 3.63) is 46.3 Å². The molecule has 1 aromatic heterocycles. The van der Waals surface area contributed by atoms with Crippen LogP contribution in [0.3, 0.4) is 0 Å². The molecule has 1 aliphatic heterocycles. The Kier molecular flexibility index (Phi) is 5.80. The van der Waals surface area contributed by atoms with Gasteiger partial charge in [0.15, 0.2) is 11.5 Å². The molecule has 2 aromatic rings. The number of hydrogen-bond acceptors (Lipinski definition) is 6. The zero-order chi connectivity index (χ0) is 22.1. The molecule has 1 amide bonds. The summed E-state index contributed by atoms with van der Waals surface area (Å²) in [6.07, 6.45) is 0.799. The maximum Gasteiger partial charge on any atom is 0.359 e. The lowest BCUT2D eigenvalue weighted by Gasteiger charge is -2.37. The van der Waals surface area contributed by atoms with Crippen LogP contribution < -0.4 is 4.90 Å². The number of aromatic nitrogens is 2. The minimum atomic E-state index is -0.540. The molecule has 0 atom stereocenters. The third-order valence-corrected chi connectivity index (χ3v) is 6.22. The van der Waals surface area contributed by atoms with Gasteiger partial charge in [0.1, 0.15) is 12.2 Å². The zero-order valence-electron chi connectivity index (χ0n) is 18.3. The van der Waals surface area contributed by atoms with Gasteiger partial charge >= 0.3 is 5.97 Å². The van der Waals surface area contributed by atoms with E-state index in [1.54, 1.807) is 11.8 Å². The largest absolute Gasteiger partial charge is 0.461 e. The number of ether oxygens (including phenoxy) is 1. The molecule has 0 spiro atoms. The summed E-state index contributed by atoms with van der Waals surface area (Å²) in [5.41, 5.74) is 4.88. The summed E-state index contributed by atoms with van der Waals surface area (Å²) in [5.74, 6) is -0.714. The highest BCUT2D eigenvalue weighted by molar-refractivity contribution is 6.03. The van der Waals surface area contributed by atoms with Crippen molar-refractivity contribution in [1.29, 1.82) is 0 Å². The molecule has 31 heavy (non-hydrogen) atoms. The van der Waals surface area contributed by atoms with E-state index in [0.29, 0.717) is 37.2 Å². The van der Waals surface area contributed by atoms with Crippen LogP contribution in [0.25, 0.3) is 0 Å². The Bertz CT molecular complexity index is 1030. The normalized spacial score (nSPS) is 15.9. The third-order valence-electron chi connectivity index (χ3n) is 6.22. The second-order valence-electron chi connectivity index (χ2n) is 8.06. The summed E-state index contributed by atoms with van der Waals surface area (Å²) in [5, 5.41) is 4.28. The maximum atomic E-state index is 13.0. The van der Waals surface area contributed by atoms with Gasteiger partial charge in [0.25, 0.3) is 0 Å². The summed E-state index contributed by atoms with van der Waals surface area (Å²) in [6.45, 7) is 8.85. The summed E-state index contributed by atoms with van der Waals surface area (Å²) in [4.78, 5) is 41.6. The van der Waals surface area contributed by atoms with E-state index in [2.05, 4.69) is 42.0 Å². The van der Waals surface area contributed by atoms with E-state index in [9.17, 15) is 14.4 Å². The number of aryl methyl sites for hydroxylation is 1. The lowest BCUT2D eigenvalue weighted by Crippen LogP contribution is -2.50. The second-order valence-corrected chi connectivity index (χ2v) is 8.06. The molecular formula is C23H28N4O4. The van der Waals surface area contributed by atoms with E-state index in [-0.39, 0.29) is 30.5 Å². The number of piperazine rings is 1. The van der Waals surface area contributed by atoms with Crippen molar-refractivity contribution < 1.29 is 19.1 Å². The smallest absolute Gasteiger partial charge is 0.359 e. The number of rotatable bonds is 5. The van der Waals surface area contributed by atoms with Gasteiger partial charge in [-0.1, -0.05) is 12.1 Å². The van der Waals surface area contributed by atoms with Crippen molar-refractivity contribution in [3.8, 4) is 0 Å². The number of carbonyl (C=O) groups excluding carboxylic acids is 3. The van der Waals surface area contributed by atoms with E-state index in [0.717, 1.165) is 13.1 Å². The van der Waals surface area contributed by atoms with Crippen LogP contribution >= 0.6 is 0 Å². The number of fused-ring (bicyclic) bond motifs is 1. The summed E-state index contributed by atoms with van der Waals surface area (Å²) in [6, 6.07) is 6.29. The van der Waals surface area contributed by atoms with Crippen molar-refractivity contribution in [1.82, 2.24) is 14.7 Å². The topological polar surface area (TPSA) is 84.7 Å². The van der Waals surface area contributed by atoms with Crippen LogP contribution in [0.4, 0.5) is 5.69 Å². The molecule has 164 valence electrons. The van der Waals surface area contributed by atoms with Gasteiger partial charge in [0.2, 0.25) is 5.91 Å². The molecule has 4 rings (SSSR count). The predicted octanol–water partition coefficient (Wildman–Crippen LogP) is 2.15. The van der Waals surface area contributed by atoms with Crippen molar-refractivity contribution >= 4 is 23.3 Å². The molecule has 1 aromatic carbocycles. The average molecular weight is 425 g/mol. The van der Waals surface area contributed by atoms with E-state index in [1.807, 2.05) is 0 Å². The van der Waals surface area contributed by atoms with Crippen molar-refractivity contribution in [2.75, 3.05) is 37.7 Å². The lowest BCUT2D eigenvalue weighted by molar-refractivity contribution is -0.132. The average Bonchev–Trinajstić information content (AvgIpc) is 3.31. The molecule has 8 heteroatoms. The number of benzene rings is 1. The Labute approximate surface area is 181 Å². The number of carbonyl (C=O) groups is 3. The Balaban J connectivity index is 1.45. The van der Waals surface area contributed by atoms with Crippen LogP contribution in [-0.4, -0.2) is 65.1 Å². The minimum absolute atomic E-state index is 0.0447. The highest BCUT2D eigenvalue weighted by atomic mass is 16.5. The fourth-order valence-corrected chi connectivity index (χ4v) is 4.39.